The summed E-state index contributed by atoms with van der Waals surface area (Å²) in [6.45, 7) is 5.08. The first-order valence-electron chi connectivity index (χ1n) is 8.85. The minimum Gasteiger partial charge on any atom is -0.449 e. The monoisotopic (exact) mass is 381 g/mol. The van der Waals surface area contributed by atoms with E-state index < -0.39 is 6.09 Å². The summed E-state index contributed by atoms with van der Waals surface area (Å²) in [4.78, 5) is 11.7. The number of aryl methyl sites for hydroxylation is 1. The molecule has 3 aromatic rings. The molecule has 1 amide bonds. The van der Waals surface area contributed by atoms with Crippen LogP contribution in [0.2, 0.25) is 5.02 Å². The zero-order valence-corrected chi connectivity index (χ0v) is 16.0. The van der Waals surface area contributed by atoms with Gasteiger partial charge in [0.1, 0.15) is 6.07 Å². The lowest BCUT2D eigenvalue weighted by Gasteiger charge is -2.10. The molecule has 0 saturated heterocycles. The molecule has 1 heterocycles. The van der Waals surface area contributed by atoms with Crippen LogP contribution in [-0.4, -0.2) is 17.3 Å². The van der Waals surface area contributed by atoms with Crippen LogP contribution in [-0.2, 0) is 11.3 Å². The van der Waals surface area contributed by atoms with Crippen molar-refractivity contribution in [3.8, 4) is 17.3 Å². The summed E-state index contributed by atoms with van der Waals surface area (Å²) in [5, 5.41) is 13.9. The van der Waals surface area contributed by atoms with Crippen LogP contribution < -0.4 is 5.32 Å². The molecule has 1 N–H and O–H groups in total. The molecule has 0 fully saturated rings. The molecule has 1 aromatic heterocycles. The quantitative estimate of drug-likeness (QED) is 0.606. The fourth-order valence-electron chi connectivity index (χ4n) is 3.13. The third-order valence-corrected chi connectivity index (χ3v) is 4.53. The normalized spacial score (nSPS) is 10.6. The van der Waals surface area contributed by atoms with Crippen LogP contribution in [0.15, 0.2) is 42.5 Å². The number of hydrogen-bond donors (Lipinski definition) is 1. The van der Waals surface area contributed by atoms with Crippen LogP contribution in [0, 0.1) is 11.3 Å². The maximum absolute atomic E-state index is 11.7. The lowest BCUT2D eigenvalue weighted by molar-refractivity contribution is 0.161. The van der Waals surface area contributed by atoms with Crippen molar-refractivity contribution in [3.63, 3.8) is 0 Å². The van der Waals surface area contributed by atoms with Gasteiger partial charge < -0.3 is 9.30 Å². The van der Waals surface area contributed by atoms with E-state index in [2.05, 4.69) is 16.0 Å². The Bertz CT molecular complexity index is 1020. The summed E-state index contributed by atoms with van der Waals surface area (Å²) in [6, 6.07) is 15.3. The third kappa shape index (κ3) is 3.76. The van der Waals surface area contributed by atoms with Crippen LogP contribution in [0.3, 0.4) is 0 Å². The summed E-state index contributed by atoms with van der Waals surface area (Å²) in [5.41, 5.74) is 3.95. The lowest BCUT2D eigenvalue weighted by atomic mass is 10.1. The van der Waals surface area contributed by atoms with Gasteiger partial charge in [-0.25, -0.2) is 4.79 Å². The van der Waals surface area contributed by atoms with Gasteiger partial charge in [-0.15, -0.1) is 0 Å². The SMILES string of the molecule is CCCOC(=O)Nc1ccc(-c2c(C#N)c3cc(Cl)ccc3n2CC)cc1. The van der Waals surface area contributed by atoms with Gasteiger partial charge in [0.05, 0.1) is 17.9 Å². The van der Waals surface area contributed by atoms with Gasteiger partial charge in [0.15, 0.2) is 0 Å². The van der Waals surface area contributed by atoms with E-state index in [4.69, 9.17) is 16.3 Å². The van der Waals surface area contributed by atoms with Crippen LogP contribution in [0.5, 0.6) is 0 Å². The molecular weight excluding hydrogens is 362 g/mol. The van der Waals surface area contributed by atoms with E-state index in [1.54, 1.807) is 12.1 Å². The van der Waals surface area contributed by atoms with Crippen molar-refractivity contribution in [1.82, 2.24) is 4.57 Å². The zero-order valence-electron chi connectivity index (χ0n) is 15.3. The molecule has 3 rings (SSSR count). The van der Waals surface area contributed by atoms with Crippen molar-refractivity contribution in [3.05, 3.63) is 53.1 Å². The highest BCUT2D eigenvalue weighted by Gasteiger charge is 2.18. The van der Waals surface area contributed by atoms with E-state index >= 15 is 0 Å². The van der Waals surface area contributed by atoms with E-state index in [0.717, 1.165) is 35.1 Å². The number of carbonyl (C=O) groups excluding carboxylic acids is 1. The number of hydrogen-bond acceptors (Lipinski definition) is 3. The molecule has 0 radical (unpaired) electrons. The Morgan fingerprint density at radius 3 is 2.59 bits per heavy atom. The maximum Gasteiger partial charge on any atom is 0.411 e. The number of fused-ring (bicyclic) bond motifs is 1. The van der Waals surface area contributed by atoms with Gasteiger partial charge in [-0.2, -0.15) is 5.26 Å². The molecule has 0 bridgehead atoms. The number of benzene rings is 2. The summed E-state index contributed by atoms with van der Waals surface area (Å²) < 4.78 is 7.12. The third-order valence-electron chi connectivity index (χ3n) is 4.30. The smallest absolute Gasteiger partial charge is 0.411 e. The van der Waals surface area contributed by atoms with Gasteiger partial charge >= 0.3 is 6.09 Å². The number of ether oxygens (including phenoxy) is 1. The highest BCUT2D eigenvalue weighted by molar-refractivity contribution is 6.31. The summed E-state index contributed by atoms with van der Waals surface area (Å²) in [5.74, 6) is 0. The Kier molecular flexibility index (Phi) is 5.68. The van der Waals surface area contributed by atoms with Gasteiger partial charge in [0.25, 0.3) is 0 Å². The van der Waals surface area contributed by atoms with E-state index in [0.29, 0.717) is 22.9 Å². The van der Waals surface area contributed by atoms with Gasteiger partial charge in [-0.3, -0.25) is 5.32 Å². The van der Waals surface area contributed by atoms with Crippen molar-refractivity contribution in [2.75, 3.05) is 11.9 Å². The molecule has 138 valence electrons. The number of nitrogens with zero attached hydrogens (tertiary/aromatic N) is 2. The highest BCUT2D eigenvalue weighted by Crippen LogP contribution is 2.35. The van der Waals surface area contributed by atoms with Crippen molar-refractivity contribution in [2.45, 2.75) is 26.8 Å². The van der Waals surface area contributed by atoms with E-state index in [9.17, 15) is 10.1 Å². The minimum atomic E-state index is -0.473. The average molecular weight is 382 g/mol. The average Bonchev–Trinajstić information content (AvgIpc) is 2.99. The second-order valence-corrected chi connectivity index (χ2v) is 6.52. The van der Waals surface area contributed by atoms with E-state index in [-0.39, 0.29) is 0 Å². The molecule has 0 atom stereocenters. The number of carbonyl (C=O) groups is 1. The predicted octanol–water partition coefficient (Wildman–Crippen LogP) is 5.81. The first kappa shape index (κ1) is 18.8. The fourth-order valence-corrected chi connectivity index (χ4v) is 3.30. The lowest BCUT2D eigenvalue weighted by Crippen LogP contribution is -2.13. The summed E-state index contributed by atoms with van der Waals surface area (Å²) in [7, 11) is 0. The van der Waals surface area contributed by atoms with Gasteiger partial charge in [0.2, 0.25) is 0 Å². The zero-order chi connectivity index (χ0) is 19.4. The standard InChI is InChI=1S/C21H20ClN3O2/c1-3-11-27-21(26)24-16-8-5-14(6-9-16)20-18(13-23)17-12-15(22)7-10-19(17)25(20)4-2/h5-10,12H,3-4,11H2,1-2H3,(H,24,26). The molecule has 0 aliphatic rings. The molecule has 0 aliphatic heterocycles. The fraction of sp³-hybridized carbons (Fsp3) is 0.238. The van der Waals surface area contributed by atoms with Gasteiger partial charge in [-0.05, 0) is 49.2 Å². The van der Waals surface area contributed by atoms with Crippen LogP contribution in [0.4, 0.5) is 10.5 Å². The summed E-state index contributed by atoms with van der Waals surface area (Å²) >= 11 is 6.13. The minimum absolute atomic E-state index is 0.384. The Balaban J connectivity index is 2.00. The van der Waals surface area contributed by atoms with E-state index in [1.807, 2.05) is 44.2 Å². The Hall–Kier alpha value is -2.97. The number of amides is 1. The number of rotatable bonds is 5. The Morgan fingerprint density at radius 2 is 1.96 bits per heavy atom. The van der Waals surface area contributed by atoms with Gasteiger partial charge in [-0.1, -0.05) is 30.7 Å². The van der Waals surface area contributed by atoms with Crippen molar-refractivity contribution < 1.29 is 9.53 Å². The largest absolute Gasteiger partial charge is 0.449 e. The Morgan fingerprint density at radius 1 is 1.22 bits per heavy atom. The predicted molar refractivity (Wildman–Crippen MR) is 108 cm³/mol. The maximum atomic E-state index is 11.7. The molecule has 2 aromatic carbocycles. The van der Waals surface area contributed by atoms with Crippen LogP contribution in [0.25, 0.3) is 22.2 Å². The second kappa shape index (κ2) is 8.15. The molecule has 6 heteroatoms. The van der Waals surface area contributed by atoms with Crippen molar-refractivity contribution in [2.24, 2.45) is 0 Å². The summed E-state index contributed by atoms with van der Waals surface area (Å²) in [6.07, 6.45) is 0.300. The first-order valence-corrected chi connectivity index (χ1v) is 9.22. The number of nitrogens with one attached hydrogen (secondary N) is 1. The molecule has 0 spiro atoms. The van der Waals surface area contributed by atoms with Gasteiger partial charge in [0, 0.05) is 28.2 Å². The van der Waals surface area contributed by atoms with Crippen molar-refractivity contribution in [1.29, 1.82) is 5.26 Å². The number of aromatic nitrogens is 1. The highest BCUT2D eigenvalue weighted by atomic mass is 35.5. The molecule has 27 heavy (non-hydrogen) atoms. The van der Waals surface area contributed by atoms with Crippen molar-refractivity contribution >= 4 is 34.3 Å². The number of halogens is 1. The molecular formula is C21H20ClN3O2. The number of nitriles is 1. The van der Waals surface area contributed by atoms with Crippen LogP contribution in [0.1, 0.15) is 25.8 Å². The molecule has 0 aliphatic carbocycles. The van der Waals surface area contributed by atoms with Crippen LogP contribution >= 0.6 is 11.6 Å². The Labute approximate surface area is 163 Å². The first-order chi connectivity index (χ1) is 13.1. The molecule has 5 nitrogen and oxygen atoms in total. The number of anilines is 1. The topological polar surface area (TPSA) is 67.0 Å². The van der Waals surface area contributed by atoms with E-state index in [1.165, 1.54) is 0 Å². The molecule has 0 unspecified atom stereocenters. The molecule has 0 saturated carbocycles. The second-order valence-electron chi connectivity index (χ2n) is 6.08.